The van der Waals surface area contributed by atoms with E-state index >= 15 is 0 Å². The van der Waals surface area contributed by atoms with Gasteiger partial charge in [0.2, 0.25) is 0 Å². The van der Waals surface area contributed by atoms with Crippen LogP contribution < -0.4 is 10.6 Å². The summed E-state index contributed by atoms with van der Waals surface area (Å²) >= 11 is 0. The Balaban J connectivity index is 2.12. The predicted octanol–water partition coefficient (Wildman–Crippen LogP) is 1.13. The lowest BCUT2D eigenvalue weighted by atomic mass is 9.97. The van der Waals surface area contributed by atoms with E-state index in [1.54, 1.807) is 0 Å². The van der Waals surface area contributed by atoms with Gasteiger partial charge in [0, 0.05) is 12.1 Å². The first-order chi connectivity index (χ1) is 5.33. The van der Waals surface area contributed by atoms with E-state index in [4.69, 9.17) is 0 Å². The highest BCUT2D eigenvalue weighted by Crippen LogP contribution is 2.13. The summed E-state index contributed by atoms with van der Waals surface area (Å²) in [6.45, 7) is 3.43. The molecule has 1 saturated heterocycles. The third-order valence-corrected chi connectivity index (χ3v) is 2.45. The van der Waals surface area contributed by atoms with Crippen LogP contribution in [0.15, 0.2) is 0 Å². The molecule has 66 valence electrons. The number of hydrogen-bond donors (Lipinski definition) is 2. The molecule has 0 amide bonds. The molecular formula is C9H20N2. The van der Waals surface area contributed by atoms with Crippen LogP contribution in [0.2, 0.25) is 0 Å². The van der Waals surface area contributed by atoms with Gasteiger partial charge in [0.15, 0.2) is 0 Å². The molecule has 0 aliphatic carbocycles. The van der Waals surface area contributed by atoms with Gasteiger partial charge in [0.25, 0.3) is 0 Å². The van der Waals surface area contributed by atoms with Gasteiger partial charge >= 0.3 is 0 Å². The minimum atomic E-state index is 0.741. The molecule has 1 fully saturated rings. The van der Waals surface area contributed by atoms with Crippen molar-refractivity contribution in [1.82, 2.24) is 10.6 Å². The maximum Gasteiger partial charge on any atom is 0.00816 e. The molecule has 11 heavy (non-hydrogen) atoms. The van der Waals surface area contributed by atoms with Crippen molar-refractivity contribution in [3.05, 3.63) is 0 Å². The molecule has 0 aromatic rings. The molecule has 1 heterocycles. The predicted molar refractivity (Wildman–Crippen MR) is 48.8 cm³/mol. The van der Waals surface area contributed by atoms with E-state index in [-0.39, 0.29) is 0 Å². The molecule has 2 nitrogen and oxygen atoms in total. The second-order valence-corrected chi connectivity index (χ2v) is 3.59. The molecule has 1 aliphatic heterocycles. The summed E-state index contributed by atoms with van der Waals surface area (Å²) in [6.07, 6.45) is 5.41. The van der Waals surface area contributed by atoms with Gasteiger partial charge in [-0.25, -0.2) is 0 Å². The lowest BCUT2D eigenvalue weighted by molar-refractivity contribution is 0.320. The number of hydrogen-bond acceptors (Lipinski definition) is 2. The summed E-state index contributed by atoms with van der Waals surface area (Å²) in [7, 11) is 2.02. The topological polar surface area (TPSA) is 24.1 Å². The first-order valence-electron chi connectivity index (χ1n) is 4.73. The van der Waals surface area contributed by atoms with Crippen LogP contribution in [0.5, 0.6) is 0 Å². The van der Waals surface area contributed by atoms with Crippen LogP contribution in [0.4, 0.5) is 0 Å². The van der Waals surface area contributed by atoms with Crippen molar-refractivity contribution in [3.63, 3.8) is 0 Å². The summed E-state index contributed by atoms with van der Waals surface area (Å²) in [5.41, 5.74) is 0. The lowest BCUT2D eigenvalue weighted by Gasteiger charge is -2.28. The first kappa shape index (κ1) is 9.01. The van der Waals surface area contributed by atoms with E-state index in [9.17, 15) is 0 Å². The Kier molecular flexibility index (Phi) is 3.87. The average molecular weight is 156 g/mol. The molecule has 2 unspecified atom stereocenters. The minimum absolute atomic E-state index is 0.741. The summed E-state index contributed by atoms with van der Waals surface area (Å²) in [4.78, 5) is 0. The first-order valence-corrected chi connectivity index (χ1v) is 4.73. The van der Waals surface area contributed by atoms with Crippen LogP contribution in [0.25, 0.3) is 0 Å². The van der Waals surface area contributed by atoms with Crippen molar-refractivity contribution >= 4 is 0 Å². The highest BCUT2D eigenvalue weighted by atomic mass is 15.0. The van der Waals surface area contributed by atoms with E-state index in [1.165, 1.54) is 25.7 Å². The quantitative estimate of drug-likeness (QED) is 0.640. The zero-order chi connectivity index (χ0) is 8.10. The molecule has 2 heteroatoms. The Labute approximate surface area is 69.8 Å². The molecule has 0 aromatic carbocycles. The highest BCUT2D eigenvalue weighted by Gasteiger charge is 2.16. The maximum atomic E-state index is 3.61. The molecule has 0 bridgehead atoms. The maximum absolute atomic E-state index is 3.61. The van der Waals surface area contributed by atoms with E-state index in [1.807, 2.05) is 7.05 Å². The number of nitrogens with one attached hydrogen (secondary N) is 2. The third kappa shape index (κ3) is 3.21. The van der Waals surface area contributed by atoms with Gasteiger partial charge in [-0.3, -0.25) is 0 Å². The summed E-state index contributed by atoms with van der Waals surface area (Å²) in [6, 6.07) is 1.51. The summed E-state index contributed by atoms with van der Waals surface area (Å²) < 4.78 is 0. The molecule has 1 aliphatic rings. The minimum Gasteiger partial charge on any atom is -0.320 e. The summed E-state index contributed by atoms with van der Waals surface area (Å²) in [5.74, 6) is 0. The SMILES string of the molecule is CNCCC1CCCC(C)N1. The van der Waals surface area contributed by atoms with Gasteiger partial charge in [0.1, 0.15) is 0 Å². The van der Waals surface area contributed by atoms with Crippen LogP contribution in [0, 0.1) is 0 Å². The fraction of sp³-hybridized carbons (Fsp3) is 1.00. The molecule has 0 aromatic heterocycles. The Morgan fingerprint density at radius 1 is 1.45 bits per heavy atom. The standard InChI is InChI=1S/C9H20N2/c1-8-4-3-5-9(11-8)6-7-10-2/h8-11H,3-7H2,1-2H3. The van der Waals surface area contributed by atoms with Crippen LogP contribution in [0.3, 0.4) is 0 Å². The van der Waals surface area contributed by atoms with E-state index in [0.29, 0.717) is 0 Å². The van der Waals surface area contributed by atoms with E-state index in [2.05, 4.69) is 17.6 Å². The molecule has 0 radical (unpaired) electrons. The van der Waals surface area contributed by atoms with Gasteiger partial charge < -0.3 is 10.6 Å². The second kappa shape index (κ2) is 4.73. The molecule has 2 N–H and O–H groups in total. The van der Waals surface area contributed by atoms with Gasteiger partial charge in [-0.15, -0.1) is 0 Å². The molecular weight excluding hydrogens is 136 g/mol. The smallest absolute Gasteiger partial charge is 0.00816 e. The van der Waals surface area contributed by atoms with Gasteiger partial charge in [-0.2, -0.15) is 0 Å². The van der Waals surface area contributed by atoms with Crippen LogP contribution in [-0.4, -0.2) is 25.7 Å². The van der Waals surface area contributed by atoms with Gasteiger partial charge in [0.05, 0.1) is 0 Å². The fourth-order valence-corrected chi connectivity index (χ4v) is 1.79. The van der Waals surface area contributed by atoms with Crippen LogP contribution in [-0.2, 0) is 0 Å². The van der Waals surface area contributed by atoms with Crippen molar-refractivity contribution in [1.29, 1.82) is 0 Å². The Morgan fingerprint density at radius 2 is 2.27 bits per heavy atom. The average Bonchev–Trinajstić information content (AvgIpc) is 2.01. The molecule has 0 spiro atoms. The zero-order valence-electron chi connectivity index (χ0n) is 7.69. The van der Waals surface area contributed by atoms with Crippen LogP contribution in [0.1, 0.15) is 32.6 Å². The normalized spacial score (nSPS) is 32.2. The second-order valence-electron chi connectivity index (χ2n) is 3.59. The number of rotatable bonds is 3. The molecule has 2 atom stereocenters. The largest absolute Gasteiger partial charge is 0.320 e. The monoisotopic (exact) mass is 156 g/mol. The van der Waals surface area contributed by atoms with Crippen molar-refractivity contribution in [2.75, 3.05) is 13.6 Å². The fourth-order valence-electron chi connectivity index (χ4n) is 1.79. The van der Waals surface area contributed by atoms with Crippen molar-refractivity contribution in [3.8, 4) is 0 Å². The Hall–Kier alpha value is -0.0800. The summed E-state index contributed by atoms with van der Waals surface area (Å²) in [5, 5.41) is 6.80. The molecule has 1 rings (SSSR count). The highest BCUT2D eigenvalue weighted by molar-refractivity contribution is 4.77. The molecule has 0 saturated carbocycles. The van der Waals surface area contributed by atoms with Crippen molar-refractivity contribution in [2.24, 2.45) is 0 Å². The van der Waals surface area contributed by atoms with Crippen molar-refractivity contribution in [2.45, 2.75) is 44.7 Å². The van der Waals surface area contributed by atoms with Crippen LogP contribution >= 0.6 is 0 Å². The Morgan fingerprint density at radius 3 is 2.91 bits per heavy atom. The van der Waals surface area contributed by atoms with Crippen molar-refractivity contribution < 1.29 is 0 Å². The number of piperidine rings is 1. The van der Waals surface area contributed by atoms with Gasteiger partial charge in [-0.1, -0.05) is 6.42 Å². The Bertz CT molecular complexity index is 104. The van der Waals surface area contributed by atoms with E-state index < -0.39 is 0 Å². The lowest BCUT2D eigenvalue weighted by Crippen LogP contribution is -2.41. The van der Waals surface area contributed by atoms with E-state index in [0.717, 1.165) is 18.6 Å². The zero-order valence-corrected chi connectivity index (χ0v) is 7.69. The third-order valence-electron chi connectivity index (χ3n) is 2.45. The van der Waals surface area contributed by atoms with Gasteiger partial charge in [-0.05, 0) is 39.8 Å².